The molecule has 29 heavy (non-hydrogen) atoms. The number of benzene rings is 3. The van der Waals surface area contributed by atoms with Gasteiger partial charge in [0.05, 0.1) is 16.5 Å². The summed E-state index contributed by atoms with van der Waals surface area (Å²) in [6.07, 6.45) is 1.85. The van der Waals surface area contributed by atoms with Gasteiger partial charge in [-0.25, -0.2) is 4.99 Å². The second-order valence-corrected chi connectivity index (χ2v) is 7.77. The first-order valence-electron chi connectivity index (χ1n) is 9.11. The van der Waals surface area contributed by atoms with Crippen LogP contribution in [0.1, 0.15) is 24.0 Å². The Hall–Kier alpha value is -3.38. The summed E-state index contributed by atoms with van der Waals surface area (Å²) < 4.78 is 0. The quantitative estimate of drug-likeness (QED) is 0.607. The van der Waals surface area contributed by atoms with Gasteiger partial charge in [0.1, 0.15) is 0 Å². The number of hydrogen-bond acceptors (Lipinski definition) is 4. The molecule has 3 aromatic carbocycles. The van der Waals surface area contributed by atoms with Gasteiger partial charge in [0.25, 0.3) is 5.91 Å². The standard InChI is InChI=1S/C23H18N2O3S/c1-14(22(27)28)16-8-10-19(11-9-16)24-23-25-21(26)20(29-23)13-15-6-7-17-4-2-3-5-18(17)12-15/h2-14H,1H3,(H,27,28)(H,24,25,26)/b20-13+. The maximum absolute atomic E-state index is 12.3. The van der Waals surface area contributed by atoms with E-state index >= 15 is 0 Å². The zero-order valence-electron chi connectivity index (χ0n) is 15.6. The Bertz CT molecular complexity index is 1170. The van der Waals surface area contributed by atoms with Crippen molar-refractivity contribution in [3.8, 4) is 0 Å². The lowest BCUT2D eigenvalue weighted by Gasteiger charge is -2.06. The van der Waals surface area contributed by atoms with Gasteiger partial charge >= 0.3 is 5.97 Å². The van der Waals surface area contributed by atoms with Crippen LogP contribution in [0, 0.1) is 0 Å². The summed E-state index contributed by atoms with van der Waals surface area (Å²) in [5.41, 5.74) is 2.32. The lowest BCUT2D eigenvalue weighted by atomic mass is 10.0. The highest BCUT2D eigenvalue weighted by molar-refractivity contribution is 8.18. The lowest BCUT2D eigenvalue weighted by Crippen LogP contribution is -2.19. The summed E-state index contributed by atoms with van der Waals surface area (Å²) in [6, 6.07) is 21.1. The van der Waals surface area contributed by atoms with E-state index in [9.17, 15) is 9.59 Å². The summed E-state index contributed by atoms with van der Waals surface area (Å²) in [6.45, 7) is 1.64. The van der Waals surface area contributed by atoms with Crippen LogP contribution < -0.4 is 5.32 Å². The molecule has 1 fully saturated rings. The number of carbonyl (C=O) groups is 2. The number of carbonyl (C=O) groups excluding carboxylic acids is 1. The molecule has 0 saturated carbocycles. The van der Waals surface area contributed by atoms with Crippen LogP contribution in [-0.4, -0.2) is 22.2 Å². The smallest absolute Gasteiger partial charge is 0.310 e. The fraction of sp³-hybridized carbons (Fsp3) is 0.0870. The van der Waals surface area contributed by atoms with Crippen molar-refractivity contribution < 1.29 is 14.7 Å². The van der Waals surface area contributed by atoms with Crippen molar-refractivity contribution in [1.29, 1.82) is 0 Å². The van der Waals surface area contributed by atoms with Crippen molar-refractivity contribution in [3.05, 3.63) is 82.8 Å². The van der Waals surface area contributed by atoms with Crippen molar-refractivity contribution in [2.75, 3.05) is 0 Å². The predicted molar refractivity (Wildman–Crippen MR) is 117 cm³/mol. The number of thioether (sulfide) groups is 1. The third-order valence-corrected chi connectivity index (χ3v) is 5.63. The molecule has 1 aliphatic rings. The minimum absolute atomic E-state index is 0.182. The second-order valence-electron chi connectivity index (χ2n) is 6.74. The van der Waals surface area contributed by atoms with Gasteiger partial charge in [-0.3, -0.25) is 9.59 Å². The Balaban J connectivity index is 1.53. The van der Waals surface area contributed by atoms with Crippen LogP contribution in [0.4, 0.5) is 5.69 Å². The van der Waals surface area contributed by atoms with E-state index < -0.39 is 11.9 Å². The Morgan fingerprint density at radius 1 is 1.07 bits per heavy atom. The molecule has 4 rings (SSSR count). The lowest BCUT2D eigenvalue weighted by molar-refractivity contribution is -0.138. The molecule has 0 spiro atoms. The Labute approximate surface area is 172 Å². The number of nitrogens with zero attached hydrogens (tertiary/aromatic N) is 1. The number of hydrogen-bond donors (Lipinski definition) is 2. The summed E-state index contributed by atoms with van der Waals surface area (Å²) >= 11 is 1.29. The molecule has 1 saturated heterocycles. The summed E-state index contributed by atoms with van der Waals surface area (Å²) in [7, 11) is 0. The van der Waals surface area contributed by atoms with E-state index in [1.807, 2.05) is 42.5 Å². The topological polar surface area (TPSA) is 78.8 Å². The fourth-order valence-corrected chi connectivity index (χ4v) is 3.87. The van der Waals surface area contributed by atoms with Crippen LogP contribution in [-0.2, 0) is 9.59 Å². The molecule has 0 radical (unpaired) electrons. The van der Waals surface area contributed by atoms with Crippen LogP contribution >= 0.6 is 11.8 Å². The van der Waals surface area contributed by atoms with Crippen molar-refractivity contribution in [2.45, 2.75) is 12.8 Å². The van der Waals surface area contributed by atoms with E-state index in [1.165, 1.54) is 11.8 Å². The number of carboxylic acids is 1. The second kappa shape index (κ2) is 7.93. The van der Waals surface area contributed by atoms with Gasteiger partial charge < -0.3 is 10.4 Å². The number of amidine groups is 1. The Morgan fingerprint density at radius 2 is 1.79 bits per heavy atom. The summed E-state index contributed by atoms with van der Waals surface area (Å²) in [5, 5.41) is 14.6. The molecule has 5 nitrogen and oxygen atoms in total. The van der Waals surface area contributed by atoms with E-state index in [0.29, 0.717) is 21.3 Å². The number of rotatable bonds is 4. The van der Waals surface area contributed by atoms with Gasteiger partial charge in [-0.2, -0.15) is 0 Å². The number of aliphatic carboxylic acids is 1. The number of fused-ring (bicyclic) bond motifs is 1. The largest absolute Gasteiger partial charge is 0.481 e. The zero-order valence-corrected chi connectivity index (χ0v) is 16.4. The Morgan fingerprint density at radius 3 is 2.52 bits per heavy atom. The van der Waals surface area contributed by atoms with E-state index in [0.717, 1.165) is 16.3 Å². The molecule has 6 heteroatoms. The fourth-order valence-electron chi connectivity index (χ4n) is 3.03. The van der Waals surface area contributed by atoms with Gasteiger partial charge in [-0.05, 0) is 64.9 Å². The van der Waals surface area contributed by atoms with Crippen LogP contribution in [0.5, 0.6) is 0 Å². The molecule has 1 amide bonds. The first-order chi connectivity index (χ1) is 14.0. The van der Waals surface area contributed by atoms with Crippen molar-refractivity contribution in [2.24, 2.45) is 4.99 Å². The summed E-state index contributed by atoms with van der Waals surface area (Å²) in [4.78, 5) is 28.4. The monoisotopic (exact) mass is 402 g/mol. The molecular formula is C23H18N2O3S. The van der Waals surface area contributed by atoms with E-state index in [-0.39, 0.29) is 5.91 Å². The first kappa shape index (κ1) is 19.0. The van der Waals surface area contributed by atoms with Gasteiger partial charge in [0.15, 0.2) is 5.17 Å². The number of nitrogens with one attached hydrogen (secondary N) is 1. The molecule has 2 N–H and O–H groups in total. The SMILES string of the molecule is CC(C(=O)O)c1ccc(N=C2NC(=O)/C(=C\c3ccc4ccccc4c3)S2)cc1. The van der Waals surface area contributed by atoms with E-state index in [1.54, 1.807) is 31.2 Å². The molecule has 0 aromatic heterocycles. The van der Waals surface area contributed by atoms with Gasteiger partial charge in [0, 0.05) is 0 Å². The third-order valence-electron chi connectivity index (χ3n) is 4.72. The van der Waals surface area contributed by atoms with E-state index in [4.69, 9.17) is 5.11 Å². The van der Waals surface area contributed by atoms with Gasteiger partial charge in [-0.15, -0.1) is 0 Å². The number of aliphatic imine (C=N–C) groups is 1. The molecule has 1 atom stereocenters. The highest BCUT2D eigenvalue weighted by atomic mass is 32.2. The van der Waals surface area contributed by atoms with Crippen molar-refractivity contribution in [3.63, 3.8) is 0 Å². The minimum atomic E-state index is -0.869. The summed E-state index contributed by atoms with van der Waals surface area (Å²) in [5.74, 6) is -1.63. The van der Waals surface area contributed by atoms with E-state index in [2.05, 4.69) is 16.4 Å². The Kier molecular flexibility index (Phi) is 5.18. The van der Waals surface area contributed by atoms with Crippen LogP contribution in [0.25, 0.3) is 16.8 Å². The zero-order chi connectivity index (χ0) is 20.4. The molecular weight excluding hydrogens is 384 g/mol. The molecule has 0 bridgehead atoms. The average Bonchev–Trinajstić information content (AvgIpc) is 3.06. The highest BCUT2D eigenvalue weighted by Gasteiger charge is 2.24. The van der Waals surface area contributed by atoms with Crippen LogP contribution in [0.15, 0.2) is 76.6 Å². The van der Waals surface area contributed by atoms with Crippen molar-refractivity contribution >= 4 is 51.3 Å². The van der Waals surface area contributed by atoms with Gasteiger partial charge in [-0.1, -0.05) is 48.5 Å². The van der Waals surface area contributed by atoms with Gasteiger partial charge in [0.2, 0.25) is 0 Å². The maximum Gasteiger partial charge on any atom is 0.310 e. The molecule has 1 unspecified atom stereocenters. The molecule has 144 valence electrons. The van der Waals surface area contributed by atoms with Crippen molar-refractivity contribution in [1.82, 2.24) is 5.32 Å². The average molecular weight is 402 g/mol. The minimum Gasteiger partial charge on any atom is -0.481 e. The maximum atomic E-state index is 12.3. The third kappa shape index (κ3) is 4.22. The van der Waals surface area contributed by atoms with Crippen LogP contribution in [0.2, 0.25) is 0 Å². The predicted octanol–water partition coefficient (Wildman–Crippen LogP) is 4.92. The number of carboxylic acid groups (broad SMARTS) is 1. The molecule has 3 aromatic rings. The van der Waals surface area contributed by atoms with Crippen LogP contribution in [0.3, 0.4) is 0 Å². The highest BCUT2D eigenvalue weighted by Crippen LogP contribution is 2.29. The molecule has 0 aliphatic carbocycles. The number of amides is 1. The normalized spacial score (nSPS) is 17.6. The molecule has 1 aliphatic heterocycles. The molecule has 1 heterocycles. The first-order valence-corrected chi connectivity index (χ1v) is 9.92.